The maximum atomic E-state index is 5.72. The van der Waals surface area contributed by atoms with E-state index in [4.69, 9.17) is 17.3 Å². The Bertz CT molecular complexity index is 173. The van der Waals surface area contributed by atoms with Gasteiger partial charge in [0, 0.05) is 11.9 Å². The zero-order valence-electron chi connectivity index (χ0n) is 7.04. The van der Waals surface area contributed by atoms with Gasteiger partial charge in [0.05, 0.1) is 18.3 Å². The van der Waals surface area contributed by atoms with Gasteiger partial charge in [-0.05, 0) is 13.3 Å². The minimum atomic E-state index is -0.196. The molecule has 2 bridgehead atoms. The molecule has 2 radical (unpaired) electrons. The van der Waals surface area contributed by atoms with E-state index in [1.54, 1.807) is 0 Å². The van der Waals surface area contributed by atoms with Gasteiger partial charge in [-0.2, -0.15) is 0 Å². The molecule has 0 saturated carbocycles. The molecule has 2 nitrogen and oxygen atoms in total. The molecule has 2 heterocycles. The standard InChI is InChI=1S/C8H13BO2/c1-3-5-6-7(9)11-8(5,2)4-10-6/h5-7H,3-4H2,1-2H3/t5-,6?,7+,8+/m0/s1. The van der Waals surface area contributed by atoms with E-state index in [-0.39, 0.29) is 17.7 Å². The number of fused-ring (bicyclic) bond motifs is 2. The van der Waals surface area contributed by atoms with E-state index in [9.17, 15) is 0 Å². The van der Waals surface area contributed by atoms with Crippen molar-refractivity contribution < 1.29 is 9.47 Å². The molecule has 2 aliphatic rings. The van der Waals surface area contributed by atoms with Crippen LogP contribution in [-0.2, 0) is 9.47 Å². The molecule has 2 saturated heterocycles. The lowest BCUT2D eigenvalue weighted by Crippen LogP contribution is -2.35. The summed E-state index contributed by atoms with van der Waals surface area (Å²) < 4.78 is 11.1. The zero-order chi connectivity index (χ0) is 8.06. The highest BCUT2D eigenvalue weighted by Crippen LogP contribution is 2.44. The predicted octanol–water partition coefficient (Wildman–Crippen LogP) is 0.695. The van der Waals surface area contributed by atoms with Gasteiger partial charge < -0.3 is 9.47 Å². The lowest BCUT2D eigenvalue weighted by atomic mass is 9.84. The van der Waals surface area contributed by atoms with Crippen molar-refractivity contribution in [3.63, 3.8) is 0 Å². The van der Waals surface area contributed by atoms with Crippen molar-refractivity contribution in [2.45, 2.75) is 38.0 Å². The fourth-order valence-electron chi connectivity index (χ4n) is 2.32. The lowest BCUT2D eigenvalue weighted by molar-refractivity contribution is -0.105. The lowest BCUT2D eigenvalue weighted by Gasteiger charge is -2.26. The van der Waals surface area contributed by atoms with Crippen molar-refractivity contribution in [2.24, 2.45) is 5.92 Å². The zero-order valence-corrected chi connectivity index (χ0v) is 7.04. The quantitative estimate of drug-likeness (QED) is 0.514. The molecule has 2 aliphatic heterocycles. The molecule has 0 aromatic heterocycles. The Morgan fingerprint density at radius 1 is 1.64 bits per heavy atom. The van der Waals surface area contributed by atoms with E-state index in [2.05, 4.69) is 13.8 Å². The van der Waals surface area contributed by atoms with Crippen molar-refractivity contribution >= 4 is 7.85 Å². The van der Waals surface area contributed by atoms with E-state index in [0.717, 1.165) is 6.42 Å². The highest BCUT2D eigenvalue weighted by molar-refractivity contribution is 6.11. The predicted molar refractivity (Wildman–Crippen MR) is 42.6 cm³/mol. The first kappa shape index (κ1) is 7.62. The number of ether oxygens (including phenoxy) is 2. The van der Waals surface area contributed by atoms with Crippen LogP contribution in [0.25, 0.3) is 0 Å². The molecule has 4 atom stereocenters. The van der Waals surface area contributed by atoms with Gasteiger partial charge in [0.2, 0.25) is 0 Å². The first-order valence-electron chi connectivity index (χ1n) is 4.22. The summed E-state index contributed by atoms with van der Waals surface area (Å²) in [5, 5.41) is 0. The van der Waals surface area contributed by atoms with Crippen LogP contribution in [0, 0.1) is 5.92 Å². The van der Waals surface area contributed by atoms with Crippen molar-refractivity contribution in [3.8, 4) is 0 Å². The molecule has 3 heteroatoms. The molecule has 0 spiro atoms. The largest absolute Gasteiger partial charge is 0.376 e. The van der Waals surface area contributed by atoms with Crippen molar-refractivity contribution in [3.05, 3.63) is 0 Å². The fourth-order valence-corrected chi connectivity index (χ4v) is 2.32. The summed E-state index contributed by atoms with van der Waals surface area (Å²) in [7, 11) is 5.72. The Labute approximate surface area is 68.7 Å². The van der Waals surface area contributed by atoms with Crippen molar-refractivity contribution in [1.29, 1.82) is 0 Å². The van der Waals surface area contributed by atoms with E-state index in [1.807, 2.05) is 0 Å². The molecule has 0 aliphatic carbocycles. The maximum absolute atomic E-state index is 5.72. The second-order valence-electron chi connectivity index (χ2n) is 3.69. The summed E-state index contributed by atoms with van der Waals surface area (Å²) in [5.41, 5.74) is -0.0984. The molecule has 60 valence electrons. The van der Waals surface area contributed by atoms with Gasteiger partial charge in [-0.1, -0.05) is 6.92 Å². The molecule has 11 heavy (non-hydrogen) atoms. The van der Waals surface area contributed by atoms with Gasteiger partial charge in [-0.25, -0.2) is 0 Å². The number of hydrogen-bond acceptors (Lipinski definition) is 2. The average molecular weight is 152 g/mol. The first-order chi connectivity index (χ1) is 5.17. The highest BCUT2D eigenvalue weighted by atomic mass is 16.6. The van der Waals surface area contributed by atoms with Gasteiger partial charge in [0.15, 0.2) is 0 Å². The summed E-state index contributed by atoms with van der Waals surface area (Å²) >= 11 is 0. The van der Waals surface area contributed by atoms with Gasteiger partial charge in [0.1, 0.15) is 7.85 Å². The average Bonchev–Trinajstić information content (AvgIpc) is 2.36. The van der Waals surface area contributed by atoms with Crippen LogP contribution in [0.4, 0.5) is 0 Å². The third-order valence-electron chi connectivity index (χ3n) is 2.91. The molecule has 0 aromatic carbocycles. The third kappa shape index (κ3) is 0.874. The molecule has 0 amide bonds. The Morgan fingerprint density at radius 3 is 2.64 bits per heavy atom. The van der Waals surface area contributed by atoms with Gasteiger partial charge >= 0.3 is 0 Å². The SMILES string of the molecule is [B][C@@H]1O[C@]2(C)COC1[C@@H]2CC. The Morgan fingerprint density at radius 2 is 2.36 bits per heavy atom. The molecular formula is C8H13BO2. The van der Waals surface area contributed by atoms with E-state index < -0.39 is 0 Å². The first-order valence-corrected chi connectivity index (χ1v) is 4.22. The van der Waals surface area contributed by atoms with E-state index in [1.165, 1.54) is 0 Å². The van der Waals surface area contributed by atoms with Crippen LogP contribution in [0.5, 0.6) is 0 Å². The van der Waals surface area contributed by atoms with Crippen LogP contribution in [0.15, 0.2) is 0 Å². The Hall–Kier alpha value is -0.0151. The normalized spacial score (nSPS) is 55.3. The Kier molecular flexibility index (Phi) is 1.55. The van der Waals surface area contributed by atoms with Gasteiger partial charge in [-0.3, -0.25) is 0 Å². The maximum Gasteiger partial charge on any atom is 0.112 e. The van der Waals surface area contributed by atoms with E-state index >= 15 is 0 Å². The van der Waals surface area contributed by atoms with Crippen LogP contribution in [0.2, 0.25) is 0 Å². The number of hydrogen-bond donors (Lipinski definition) is 0. The fraction of sp³-hybridized carbons (Fsp3) is 1.00. The summed E-state index contributed by atoms with van der Waals surface area (Å²) in [5.74, 6) is 0.498. The molecule has 0 N–H and O–H groups in total. The smallest absolute Gasteiger partial charge is 0.112 e. The molecule has 0 aromatic rings. The van der Waals surface area contributed by atoms with Crippen LogP contribution in [0.1, 0.15) is 20.3 Å². The van der Waals surface area contributed by atoms with Crippen LogP contribution in [0.3, 0.4) is 0 Å². The monoisotopic (exact) mass is 152 g/mol. The van der Waals surface area contributed by atoms with E-state index in [0.29, 0.717) is 12.5 Å². The second-order valence-corrected chi connectivity index (χ2v) is 3.69. The van der Waals surface area contributed by atoms with Crippen LogP contribution in [-0.4, -0.2) is 32.2 Å². The molecule has 2 fully saturated rings. The summed E-state index contributed by atoms with van der Waals surface area (Å²) in [6.07, 6.45) is 1.24. The van der Waals surface area contributed by atoms with Gasteiger partial charge in [0.25, 0.3) is 0 Å². The Balaban J connectivity index is 2.22. The molecule has 1 unspecified atom stereocenters. The van der Waals surface area contributed by atoms with Crippen molar-refractivity contribution in [1.82, 2.24) is 0 Å². The molecule has 2 rings (SSSR count). The third-order valence-corrected chi connectivity index (χ3v) is 2.91. The summed E-state index contributed by atoms with van der Waals surface area (Å²) in [4.78, 5) is 0. The minimum Gasteiger partial charge on any atom is -0.376 e. The van der Waals surface area contributed by atoms with Crippen molar-refractivity contribution in [2.75, 3.05) is 6.61 Å². The number of rotatable bonds is 1. The van der Waals surface area contributed by atoms with Crippen LogP contribution >= 0.6 is 0 Å². The van der Waals surface area contributed by atoms with Crippen LogP contribution < -0.4 is 0 Å². The minimum absolute atomic E-state index is 0.0984. The highest BCUT2D eigenvalue weighted by Gasteiger charge is 2.55. The topological polar surface area (TPSA) is 18.5 Å². The second kappa shape index (κ2) is 2.24. The molecular weight excluding hydrogens is 139 g/mol. The summed E-state index contributed by atoms with van der Waals surface area (Å²) in [6, 6.07) is -0.196. The summed E-state index contributed by atoms with van der Waals surface area (Å²) in [6.45, 7) is 4.96. The van der Waals surface area contributed by atoms with Gasteiger partial charge in [-0.15, -0.1) is 0 Å².